The molecule has 0 saturated heterocycles. The Bertz CT molecular complexity index is 812. The number of hydrogen-bond acceptors (Lipinski definition) is 5. The van der Waals surface area contributed by atoms with E-state index in [1.807, 2.05) is 0 Å². The van der Waals surface area contributed by atoms with Gasteiger partial charge in [0.15, 0.2) is 6.10 Å². The monoisotopic (exact) mass is 673 g/mol. The minimum Gasteiger partial charge on any atom is -0.462 e. The summed E-state index contributed by atoms with van der Waals surface area (Å²) in [5, 5.41) is 0. The summed E-state index contributed by atoms with van der Waals surface area (Å²) in [5.41, 5.74) is 0. The smallest absolute Gasteiger partial charge is 0.306 e. The third-order valence-electron chi connectivity index (χ3n) is 8.35. The van der Waals surface area contributed by atoms with Crippen molar-refractivity contribution in [2.75, 3.05) is 19.8 Å². The van der Waals surface area contributed by atoms with Crippen LogP contribution < -0.4 is 0 Å². The molecule has 0 rings (SSSR count). The topological polar surface area (TPSA) is 61.8 Å². The summed E-state index contributed by atoms with van der Waals surface area (Å²) < 4.78 is 17.1. The SMILES string of the molecule is CC/C=C\C/C=C\C/C=C\CCCCCCOCC(COC(=O)CCCCCCC/C=C\CCCCCC)OC(=O)CCCCCCC. The second-order valence-electron chi connectivity index (χ2n) is 13.2. The van der Waals surface area contributed by atoms with Crippen molar-refractivity contribution >= 4 is 11.9 Å². The van der Waals surface area contributed by atoms with Gasteiger partial charge in [-0.15, -0.1) is 0 Å². The van der Waals surface area contributed by atoms with Crippen LogP contribution in [0.2, 0.25) is 0 Å². The summed E-state index contributed by atoms with van der Waals surface area (Å²) in [6.45, 7) is 7.56. The van der Waals surface area contributed by atoms with E-state index in [0.717, 1.165) is 83.5 Å². The normalized spacial score (nSPS) is 12.6. The van der Waals surface area contributed by atoms with Crippen LogP contribution in [0.25, 0.3) is 0 Å². The van der Waals surface area contributed by atoms with Gasteiger partial charge in [0.05, 0.1) is 6.61 Å². The van der Waals surface area contributed by atoms with Crippen molar-refractivity contribution in [2.45, 2.75) is 194 Å². The van der Waals surface area contributed by atoms with E-state index in [0.29, 0.717) is 19.4 Å². The first-order valence-corrected chi connectivity index (χ1v) is 20.2. The maximum Gasteiger partial charge on any atom is 0.306 e. The molecule has 0 radical (unpaired) electrons. The lowest BCUT2D eigenvalue weighted by atomic mass is 10.1. The molecule has 278 valence electrons. The molecule has 0 N–H and O–H groups in total. The van der Waals surface area contributed by atoms with Crippen molar-refractivity contribution in [1.29, 1.82) is 0 Å². The molecule has 0 fully saturated rings. The molecule has 5 heteroatoms. The summed E-state index contributed by atoms with van der Waals surface area (Å²) in [6, 6.07) is 0. The third-order valence-corrected chi connectivity index (χ3v) is 8.35. The van der Waals surface area contributed by atoms with Crippen LogP contribution in [0.3, 0.4) is 0 Å². The highest BCUT2D eigenvalue weighted by Gasteiger charge is 2.17. The largest absolute Gasteiger partial charge is 0.462 e. The number of esters is 2. The van der Waals surface area contributed by atoms with Crippen molar-refractivity contribution in [3.8, 4) is 0 Å². The molecule has 0 aromatic rings. The van der Waals surface area contributed by atoms with E-state index in [9.17, 15) is 9.59 Å². The van der Waals surface area contributed by atoms with Gasteiger partial charge in [-0.1, -0.05) is 146 Å². The van der Waals surface area contributed by atoms with Crippen LogP contribution in [0.4, 0.5) is 0 Å². The van der Waals surface area contributed by atoms with Gasteiger partial charge < -0.3 is 14.2 Å². The van der Waals surface area contributed by atoms with Gasteiger partial charge in [-0.2, -0.15) is 0 Å². The molecule has 0 amide bonds. The maximum absolute atomic E-state index is 12.5. The van der Waals surface area contributed by atoms with E-state index in [1.54, 1.807) is 0 Å². The number of carbonyl (C=O) groups is 2. The fraction of sp³-hybridized carbons (Fsp3) is 0.767. The highest BCUT2D eigenvalue weighted by molar-refractivity contribution is 5.70. The molecule has 1 unspecified atom stereocenters. The Balaban J connectivity index is 4.16. The molecule has 0 aliphatic heterocycles. The first-order chi connectivity index (χ1) is 23.6. The first kappa shape index (κ1) is 45.9. The average Bonchev–Trinajstić information content (AvgIpc) is 3.08. The summed E-state index contributed by atoms with van der Waals surface area (Å²) in [5.74, 6) is -0.435. The molecule has 0 saturated carbocycles. The molecule has 0 aromatic carbocycles. The fourth-order valence-electron chi connectivity index (χ4n) is 5.34. The zero-order valence-corrected chi connectivity index (χ0v) is 31.7. The minimum absolute atomic E-state index is 0.0716. The van der Waals surface area contributed by atoms with Crippen LogP contribution in [0.5, 0.6) is 0 Å². The number of hydrogen-bond donors (Lipinski definition) is 0. The van der Waals surface area contributed by atoms with Gasteiger partial charge in [0.2, 0.25) is 0 Å². The lowest BCUT2D eigenvalue weighted by Crippen LogP contribution is -2.30. The highest BCUT2D eigenvalue weighted by Crippen LogP contribution is 2.11. The number of ether oxygens (including phenoxy) is 3. The molecule has 0 aliphatic carbocycles. The van der Waals surface area contributed by atoms with E-state index in [-0.39, 0.29) is 25.2 Å². The molecule has 0 heterocycles. The molecule has 0 aromatic heterocycles. The Morgan fingerprint density at radius 3 is 1.54 bits per heavy atom. The third kappa shape index (κ3) is 36.7. The number of unbranched alkanes of at least 4 members (excludes halogenated alkanes) is 17. The first-order valence-electron chi connectivity index (χ1n) is 20.2. The van der Waals surface area contributed by atoms with Crippen LogP contribution in [0, 0.1) is 0 Å². The summed E-state index contributed by atoms with van der Waals surface area (Å²) in [7, 11) is 0. The zero-order valence-electron chi connectivity index (χ0n) is 31.7. The number of allylic oxidation sites excluding steroid dienone is 8. The van der Waals surface area contributed by atoms with Crippen LogP contribution >= 0.6 is 0 Å². The second-order valence-corrected chi connectivity index (χ2v) is 13.2. The van der Waals surface area contributed by atoms with Crippen molar-refractivity contribution < 1.29 is 23.8 Å². The van der Waals surface area contributed by atoms with E-state index in [4.69, 9.17) is 14.2 Å². The van der Waals surface area contributed by atoms with Gasteiger partial charge in [-0.3, -0.25) is 9.59 Å². The lowest BCUT2D eigenvalue weighted by Gasteiger charge is -2.18. The Hall–Kier alpha value is -2.14. The van der Waals surface area contributed by atoms with Crippen LogP contribution in [0.15, 0.2) is 48.6 Å². The average molecular weight is 673 g/mol. The van der Waals surface area contributed by atoms with Gasteiger partial charge in [0.25, 0.3) is 0 Å². The predicted octanol–water partition coefficient (Wildman–Crippen LogP) is 12.9. The Morgan fingerprint density at radius 2 is 0.938 bits per heavy atom. The molecule has 0 aliphatic rings. The van der Waals surface area contributed by atoms with Gasteiger partial charge in [0, 0.05) is 19.4 Å². The van der Waals surface area contributed by atoms with Crippen LogP contribution in [-0.2, 0) is 23.8 Å². The molecular weight excluding hydrogens is 596 g/mol. The fourth-order valence-corrected chi connectivity index (χ4v) is 5.34. The molecule has 1 atom stereocenters. The summed E-state index contributed by atoms with van der Waals surface area (Å²) in [4.78, 5) is 24.9. The van der Waals surface area contributed by atoms with Crippen molar-refractivity contribution in [2.24, 2.45) is 0 Å². The van der Waals surface area contributed by atoms with E-state index >= 15 is 0 Å². The molecular formula is C43H76O5. The molecule has 48 heavy (non-hydrogen) atoms. The standard InChI is InChI=1S/C43H76O5/c1-4-7-10-13-15-17-19-21-23-25-27-29-32-35-38-46-39-41(48-43(45)37-34-30-12-9-6-3)40-47-42(44)36-33-31-28-26-24-22-20-18-16-14-11-8-5-2/h7,10,15,17-18,20-21,23,41H,4-6,8-9,11-14,16,19,22,24-40H2,1-3H3/b10-7-,17-15-,20-18-,23-21-. The quantitative estimate of drug-likeness (QED) is 0.0376. The van der Waals surface area contributed by atoms with E-state index < -0.39 is 6.10 Å². The molecule has 0 spiro atoms. The highest BCUT2D eigenvalue weighted by atomic mass is 16.6. The Morgan fingerprint density at radius 1 is 0.479 bits per heavy atom. The number of carbonyl (C=O) groups excluding carboxylic acids is 2. The van der Waals surface area contributed by atoms with Gasteiger partial charge >= 0.3 is 11.9 Å². The molecule has 5 nitrogen and oxygen atoms in total. The Kier molecular flexibility index (Phi) is 37.5. The minimum atomic E-state index is -0.543. The molecule has 0 bridgehead atoms. The zero-order chi connectivity index (χ0) is 35.0. The maximum atomic E-state index is 12.5. The van der Waals surface area contributed by atoms with E-state index in [1.165, 1.54) is 70.6 Å². The summed E-state index contributed by atoms with van der Waals surface area (Å²) in [6.07, 6.45) is 45.6. The van der Waals surface area contributed by atoms with Crippen molar-refractivity contribution in [1.82, 2.24) is 0 Å². The van der Waals surface area contributed by atoms with Gasteiger partial charge in [-0.05, 0) is 77.0 Å². The van der Waals surface area contributed by atoms with Crippen molar-refractivity contribution in [3.63, 3.8) is 0 Å². The Labute approximate surface area is 297 Å². The van der Waals surface area contributed by atoms with Crippen molar-refractivity contribution in [3.05, 3.63) is 48.6 Å². The second kappa shape index (κ2) is 39.3. The lowest BCUT2D eigenvalue weighted by molar-refractivity contribution is -0.163. The van der Waals surface area contributed by atoms with Gasteiger partial charge in [0.1, 0.15) is 6.61 Å². The van der Waals surface area contributed by atoms with Gasteiger partial charge in [-0.25, -0.2) is 0 Å². The summed E-state index contributed by atoms with van der Waals surface area (Å²) >= 11 is 0. The predicted molar refractivity (Wildman–Crippen MR) is 205 cm³/mol. The number of rotatable bonds is 36. The van der Waals surface area contributed by atoms with Crippen LogP contribution in [-0.4, -0.2) is 37.9 Å². The van der Waals surface area contributed by atoms with Crippen LogP contribution in [0.1, 0.15) is 188 Å². The van der Waals surface area contributed by atoms with E-state index in [2.05, 4.69) is 69.4 Å².